The number of rotatable bonds is 7. The first-order chi connectivity index (χ1) is 19.1. The van der Waals surface area contributed by atoms with Gasteiger partial charge in [-0.15, -0.1) is 0 Å². The molecule has 0 bridgehead atoms. The Morgan fingerprint density at radius 2 is 1.71 bits per heavy atom. The minimum absolute atomic E-state index is 0.113. The van der Waals surface area contributed by atoms with Crippen LogP contribution in [-0.4, -0.2) is 59.3 Å². The number of halogens is 4. The highest BCUT2D eigenvalue weighted by Crippen LogP contribution is 2.51. The molecule has 0 spiro atoms. The van der Waals surface area contributed by atoms with Crippen molar-refractivity contribution >= 4 is 28.9 Å². The maximum Gasteiger partial charge on any atom is 0.336 e. The molecule has 0 amide bonds. The number of carbonyl (C=O) groups is 2. The number of aliphatic imine (C=N–C) groups is 1. The van der Waals surface area contributed by atoms with Crippen LogP contribution >= 0.6 is 0 Å². The van der Waals surface area contributed by atoms with E-state index < -0.39 is 48.8 Å². The lowest BCUT2D eigenvalue weighted by molar-refractivity contribution is -0.0262. The van der Waals surface area contributed by atoms with E-state index in [0.29, 0.717) is 39.2 Å². The molecule has 41 heavy (non-hydrogen) atoms. The van der Waals surface area contributed by atoms with Crippen LogP contribution in [-0.2, 0) is 5.41 Å². The van der Waals surface area contributed by atoms with Gasteiger partial charge in [-0.05, 0) is 75.9 Å². The minimum Gasteiger partial charge on any atom is -0.478 e. The van der Waals surface area contributed by atoms with Crippen molar-refractivity contribution in [2.75, 3.05) is 24.5 Å². The molecule has 2 N–H and O–H groups in total. The zero-order valence-corrected chi connectivity index (χ0v) is 22.6. The van der Waals surface area contributed by atoms with Crippen LogP contribution in [0.1, 0.15) is 64.6 Å². The molecule has 3 aliphatic rings. The highest BCUT2D eigenvalue weighted by molar-refractivity contribution is 6.10. The molecule has 1 aliphatic heterocycles. The summed E-state index contributed by atoms with van der Waals surface area (Å²) in [5, 5.41) is 19.7. The van der Waals surface area contributed by atoms with Gasteiger partial charge in [0.05, 0.1) is 29.9 Å². The van der Waals surface area contributed by atoms with Gasteiger partial charge in [-0.2, -0.15) is 0 Å². The van der Waals surface area contributed by atoms with Gasteiger partial charge in [-0.1, -0.05) is 32.9 Å². The van der Waals surface area contributed by atoms with E-state index in [1.165, 1.54) is 30.0 Å². The highest BCUT2D eigenvalue weighted by Gasteiger charge is 2.45. The molecule has 6 nitrogen and oxygen atoms in total. The summed E-state index contributed by atoms with van der Waals surface area (Å²) >= 11 is 0. The first kappa shape index (κ1) is 28.3. The van der Waals surface area contributed by atoms with E-state index in [1.807, 2.05) is 13.8 Å². The topological polar surface area (TPSA) is 90.2 Å². The molecule has 1 fully saturated rings. The van der Waals surface area contributed by atoms with E-state index >= 15 is 0 Å². The van der Waals surface area contributed by atoms with Crippen molar-refractivity contribution in [3.05, 3.63) is 93.6 Å². The summed E-state index contributed by atoms with van der Waals surface area (Å²) in [4.78, 5) is 29.8. The predicted molar refractivity (Wildman–Crippen MR) is 148 cm³/mol. The summed E-state index contributed by atoms with van der Waals surface area (Å²) in [6, 6.07) is 8.96. The fourth-order valence-corrected chi connectivity index (χ4v) is 5.49. The largest absolute Gasteiger partial charge is 0.478 e. The van der Waals surface area contributed by atoms with Crippen LogP contribution in [0.5, 0.6) is 0 Å². The van der Waals surface area contributed by atoms with E-state index in [2.05, 4.69) is 4.99 Å². The third-order valence-electron chi connectivity index (χ3n) is 7.88. The normalized spacial score (nSPS) is 19.8. The van der Waals surface area contributed by atoms with Crippen molar-refractivity contribution in [3.63, 3.8) is 0 Å². The van der Waals surface area contributed by atoms with E-state index in [-0.39, 0.29) is 23.1 Å². The van der Waals surface area contributed by atoms with Crippen molar-refractivity contribution in [1.82, 2.24) is 0 Å². The standard InChI is InChI=1S/C31H28F4N2O4/c1-4-30(32,33)14-36-18-6-9-21-24(12-18)29(2,3)25-13-19(37-15-31(34,35)16-37)7-10-22(25)26(21)23-11-17(27(38)39)5-8-20(23)28(40)41/h5-13H,4,14-16H2,1-3H3,(H,38,39)(H,40,41). The average Bonchev–Trinajstić information content (AvgIpc) is 2.90. The number of alkyl halides is 4. The lowest BCUT2D eigenvalue weighted by atomic mass is 9.64. The van der Waals surface area contributed by atoms with Crippen molar-refractivity contribution in [3.8, 4) is 0 Å². The van der Waals surface area contributed by atoms with Gasteiger partial charge >= 0.3 is 11.9 Å². The molecule has 2 aromatic rings. The Morgan fingerprint density at radius 1 is 1.00 bits per heavy atom. The lowest BCUT2D eigenvalue weighted by Gasteiger charge is -2.43. The number of aromatic carboxylic acids is 2. The molecule has 1 heterocycles. The molecule has 0 atom stereocenters. The summed E-state index contributed by atoms with van der Waals surface area (Å²) in [5.74, 6) is -8.26. The Morgan fingerprint density at radius 3 is 2.32 bits per heavy atom. The molecule has 2 aliphatic carbocycles. The molecule has 0 unspecified atom stereocenters. The Balaban J connectivity index is 1.76. The number of benzene rings is 2. The summed E-state index contributed by atoms with van der Waals surface area (Å²) in [6.45, 7) is 3.63. The van der Waals surface area contributed by atoms with Gasteiger partial charge in [-0.25, -0.2) is 27.2 Å². The molecule has 10 heteroatoms. The molecule has 214 valence electrons. The maximum absolute atomic E-state index is 14.0. The molecule has 0 saturated carbocycles. The Labute approximate surface area is 234 Å². The maximum atomic E-state index is 14.0. The Kier molecular flexibility index (Phi) is 6.71. The van der Waals surface area contributed by atoms with Crippen LogP contribution in [0, 0.1) is 0 Å². The number of allylic oxidation sites excluding steroid dienone is 5. The van der Waals surface area contributed by atoms with E-state index in [4.69, 9.17) is 0 Å². The number of anilines is 1. The van der Waals surface area contributed by atoms with E-state index in [0.717, 1.165) is 0 Å². The lowest BCUT2D eigenvalue weighted by Crippen LogP contribution is -2.56. The number of carboxylic acids is 2. The van der Waals surface area contributed by atoms with Gasteiger partial charge in [-0.3, -0.25) is 4.99 Å². The van der Waals surface area contributed by atoms with Crippen molar-refractivity contribution < 1.29 is 37.4 Å². The van der Waals surface area contributed by atoms with E-state index in [1.54, 1.807) is 36.4 Å². The number of nitrogens with zero attached hydrogens (tertiary/aromatic N) is 2. The van der Waals surface area contributed by atoms with Gasteiger partial charge < -0.3 is 15.1 Å². The molecule has 0 radical (unpaired) electrons. The third kappa shape index (κ3) is 5.07. The average molecular weight is 569 g/mol. The zero-order valence-electron chi connectivity index (χ0n) is 22.6. The van der Waals surface area contributed by atoms with E-state index in [9.17, 15) is 37.4 Å². The minimum atomic E-state index is -2.98. The molecular formula is C31H28F4N2O4. The first-order valence-corrected chi connectivity index (χ1v) is 13.1. The number of hydrogen-bond acceptors (Lipinski definition) is 4. The van der Waals surface area contributed by atoms with Crippen LogP contribution in [0.15, 0.2) is 70.8 Å². The van der Waals surface area contributed by atoms with Crippen molar-refractivity contribution in [1.29, 1.82) is 0 Å². The van der Waals surface area contributed by atoms with Gasteiger partial charge in [0.25, 0.3) is 11.8 Å². The van der Waals surface area contributed by atoms with Crippen LogP contribution in [0.4, 0.5) is 23.2 Å². The van der Waals surface area contributed by atoms with Crippen molar-refractivity contribution in [2.24, 2.45) is 4.99 Å². The summed E-state index contributed by atoms with van der Waals surface area (Å²) in [5.41, 5.74) is 3.04. The number of hydrogen-bond donors (Lipinski definition) is 2. The molecular weight excluding hydrogens is 540 g/mol. The fraction of sp³-hybridized carbons (Fsp3) is 0.323. The van der Waals surface area contributed by atoms with Gasteiger partial charge in [0.15, 0.2) is 0 Å². The van der Waals surface area contributed by atoms with Crippen LogP contribution in [0.3, 0.4) is 0 Å². The van der Waals surface area contributed by atoms with Crippen LogP contribution in [0.25, 0.3) is 5.57 Å². The van der Waals surface area contributed by atoms with Crippen molar-refractivity contribution in [2.45, 2.75) is 44.5 Å². The second-order valence-corrected chi connectivity index (χ2v) is 11.1. The fourth-order valence-electron chi connectivity index (χ4n) is 5.49. The zero-order chi connectivity index (χ0) is 29.9. The number of carboxylic acid groups (broad SMARTS) is 2. The van der Waals surface area contributed by atoms with Crippen LogP contribution in [0.2, 0.25) is 0 Å². The molecule has 2 aromatic carbocycles. The smallest absolute Gasteiger partial charge is 0.336 e. The molecule has 5 rings (SSSR count). The Hall–Kier alpha value is -4.21. The SMILES string of the molecule is CCC(F)(F)CN=C1C=CC2=C(c3cc(C(=O)O)ccc3C(=O)O)c3ccc(N4CC(F)(F)C4)cc3C(C)(C)C2=C1. The second-order valence-electron chi connectivity index (χ2n) is 11.1. The first-order valence-electron chi connectivity index (χ1n) is 13.1. The van der Waals surface area contributed by atoms with Gasteiger partial charge in [0, 0.05) is 17.5 Å². The number of fused-ring (bicyclic) bond motifs is 2. The third-order valence-corrected chi connectivity index (χ3v) is 7.88. The molecule has 0 aromatic heterocycles. The monoisotopic (exact) mass is 568 g/mol. The second kappa shape index (κ2) is 9.71. The summed E-state index contributed by atoms with van der Waals surface area (Å²) in [6.07, 6.45) is 4.56. The summed E-state index contributed by atoms with van der Waals surface area (Å²) in [7, 11) is 0. The van der Waals surface area contributed by atoms with Crippen LogP contribution < -0.4 is 4.90 Å². The highest BCUT2D eigenvalue weighted by atomic mass is 19.3. The molecule has 1 saturated heterocycles. The van der Waals surface area contributed by atoms with Gasteiger partial charge in [0.2, 0.25) is 0 Å². The predicted octanol–water partition coefficient (Wildman–Crippen LogP) is 6.61. The van der Waals surface area contributed by atoms with Gasteiger partial charge in [0.1, 0.15) is 6.54 Å². The quantitative estimate of drug-likeness (QED) is 0.367. The Bertz CT molecular complexity index is 1590. The summed E-state index contributed by atoms with van der Waals surface area (Å²) < 4.78 is 55.3.